The fraction of sp³-hybridized carbons (Fsp3) is 0.278. The van der Waals surface area contributed by atoms with Gasteiger partial charge in [0.2, 0.25) is 0 Å². The molecule has 1 unspecified atom stereocenters. The van der Waals surface area contributed by atoms with E-state index in [1.54, 1.807) is 7.11 Å². The van der Waals surface area contributed by atoms with Crippen LogP contribution in [0.25, 0.3) is 0 Å². The molecule has 1 N–H and O–H groups in total. The van der Waals surface area contributed by atoms with E-state index in [0.29, 0.717) is 13.2 Å². The van der Waals surface area contributed by atoms with Gasteiger partial charge in [-0.25, -0.2) is 0 Å². The monoisotopic (exact) mass is 566 g/mol. The normalized spacial score (nSPS) is 18.5. The maximum absolute atomic E-state index is 11.3. The molecule has 0 radical (unpaired) electrons. The van der Waals surface area contributed by atoms with Gasteiger partial charge in [-0.1, -0.05) is 103 Å². The van der Waals surface area contributed by atoms with E-state index < -0.39 is 23.9 Å². The molecule has 0 aromatic heterocycles. The van der Waals surface area contributed by atoms with Gasteiger partial charge in [0, 0.05) is 6.61 Å². The van der Waals surface area contributed by atoms with Crippen LogP contribution in [0.1, 0.15) is 29.2 Å². The van der Waals surface area contributed by atoms with Crippen LogP contribution in [0.5, 0.6) is 5.75 Å². The van der Waals surface area contributed by atoms with Gasteiger partial charge >= 0.3 is 0 Å². The maximum Gasteiger partial charge on any atom is 0.147 e. The zero-order chi connectivity index (χ0) is 29.2. The van der Waals surface area contributed by atoms with Crippen molar-refractivity contribution < 1.29 is 28.8 Å². The van der Waals surface area contributed by atoms with Gasteiger partial charge in [0.25, 0.3) is 0 Å². The van der Waals surface area contributed by atoms with Gasteiger partial charge in [0.1, 0.15) is 36.5 Å². The third-order valence-corrected chi connectivity index (χ3v) is 7.52. The summed E-state index contributed by atoms with van der Waals surface area (Å²) in [5.74, 6) is 0.780. The van der Waals surface area contributed by atoms with E-state index in [0.717, 1.165) is 33.6 Å². The molecule has 0 fully saturated rings. The van der Waals surface area contributed by atoms with Gasteiger partial charge in [-0.3, -0.25) is 0 Å². The summed E-state index contributed by atoms with van der Waals surface area (Å²) in [6.45, 7) is 3.01. The number of methoxy groups -OCH3 is 1. The van der Waals surface area contributed by atoms with E-state index in [9.17, 15) is 5.11 Å². The first-order valence-corrected chi connectivity index (χ1v) is 14.3. The molecule has 1 aliphatic rings. The van der Waals surface area contributed by atoms with Gasteiger partial charge in [-0.15, -0.1) is 0 Å². The standard InChI is InChI=1S/C36H38O6/c1-3-39-26-41-35-28(23-33(34(35)37)40-24-27-19-21-32(38-2)22-20-27)25-42-36(29-13-7-4-8-14-29,30-15-9-5-10-16-30)31-17-11-6-12-18-31/h4-23,33-35,37H,3,24-26H2,1-2H3/t33-,34?,35-/m0/s1. The fourth-order valence-electron chi connectivity index (χ4n) is 5.36. The van der Waals surface area contributed by atoms with Crippen molar-refractivity contribution >= 4 is 0 Å². The number of rotatable bonds is 14. The number of ether oxygens (including phenoxy) is 5. The molecule has 6 heteroatoms. The summed E-state index contributed by atoms with van der Waals surface area (Å²) in [6, 6.07) is 38.3. The van der Waals surface area contributed by atoms with Crippen molar-refractivity contribution in [3.05, 3.63) is 149 Å². The molecule has 218 valence electrons. The molecule has 4 aromatic rings. The zero-order valence-corrected chi connectivity index (χ0v) is 24.1. The van der Waals surface area contributed by atoms with Crippen LogP contribution in [0.15, 0.2) is 127 Å². The largest absolute Gasteiger partial charge is 0.497 e. The summed E-state index contributed by atoms with van der Waals surface area (Å²) in [5, 5.41) is 11.3. The molecule has 0 saturated heterocycles. The highest BCUT2D eigenvalue weighted by Crippen LogP contribution is 2.41. The number of benzene rings is 4. The first-order chi connectivity index (χ1) is 20.7. The Morgan fingerprint density at radius 3 is 1.74 bits per heavy atom. The molecule has 0 heterocycles. The molecule has 6 nitrogen and oxygen atoms in total. The lowest BCUT2D eigenvalue weighted by Crippen LogP contribution is -2.38. The molecule has 4 aromatic carbocycles. The highest BCUT2D eigenvalue weighted by molar-refractivity contribution is 5.47. The minimum atomic E-state index is -0.915. The average Bonchev–Trinajstić information content (AvgIpc) is 3.36. The summed E-state index contributed by atoms with van der Waals surface area (Å²) >= 11 is 0. The number of hydrogen-bond acceptors (Lipinski definition) is 6. The molecule has 5 rings (SSSR count). The van der Waals surface area contributed by atoms with Crippen molar-refractivity contribution in [2.45, 2.75) is 37.4 Å². The third kappa shape index (κ3) is 6.65. The Morgan fingerprint density at radius 2 is 1.24 bits per heavy atom. The highest BCUT2D eigenvalue weighted by Gasteiger charge is 2.42. The lowest BCUT2D eigenvalue weighted by Gasteiger charge is -2.36. The Kier molecular flexibility index (Phi) is 10.2. The van der Waals surface area contributed by atoms with Crippen molar-refractivity contribution in [2.75, 3.05) is 27.1 Å². The predicted octanol–water partition coefficient (Wildman–Crippen LogP) is 6.27. The summed E-state index contributed by atoms with van der Waals surface area (Å²) in [7, 11) is 1.64. The van der Waals surface area contributed by atoms with E-state index in [-0.39, 0.29) is 13.4 Å². The van der Waals surface area contributed by atoms with Crippen LogP contribution < -0.4 is 4.74 Å². The van der Waals surface area contributed by atoms with Crippen molar-refractivity contribution in [1.82, 2.24) is 0 Å². The summed E-state index contributed by atoms with van der Waals surface area (Å²) in [4.78, 5) is 0. The van der Waals surface area contributed by atoms with Gasteiger partial charge in [0.15, 0.2) is 0 Å². The van der Waals surface area contributed by atoms with E-state index in [1.165, 1.54) is 0 Å². The minimum Gasteiger partial charge on any atom is -0.497 e. The van der Waals surface area contributed by atoms with Crippen molar-refractivity contribution in [2.24, 2.45) is 0 Å². The van der Waals surface area contributed by atoms with Crippen LogP contribution in [0, 0.1) is 0 Å². The molecule has 3 atom stereocenters. The Morgan fingerprint density at radius 1 is 0.690 bits per heavy atom. The Labute approximate surface area is 248 Å². The molecule has 1 aliphatic carbocycles. The second kappa shape index (κ2) is 14.4. The molecule has 0 amide bonds. The van der Waals surface area contributed by atoms with E-state index in [1.807, 2.05) is 91.9 Å². The predicted molar refractivity (Wildman–Crippen MR) is 162 cm³/mol. The average molecular weight is 567 g/mol. The lowest BCUT2D eigenvalue weighted by atomic mass is 9.80. The first kappa shape index (κ1) is 29.7. The summed E-state index contributed by atoms with van der Waals surface area (Å²) < 4.78 is 30.0. The van der Waals surface area contributed by atoms with Crippen molar-refractivity contribution in [3.63, 3.8) is 0 Å². The van der Waals surface area contributed by atoms with Crippen LogP contribution in [0.3, 0.4) is 0 Å². The van der Waals surface area contributed by atoms with E-state index in [2.05, 4.69) is 36.4 Å². The van der Waals surface area contributed by atoms with Crippen molar-refractivity contribution in [1.29, 1.82) is 0 Å². The third-order valence-electron chi connectivity index (χ3n) is 7.52. The van der Waals surface area contributed by atoms with Gasteiger partial charge in [0.05, 0.1) is 20.3 Å². The minimum absolute atomic E-state index is 0.0575. The second-order valence-corrected chi connectivity index (χ2v) is 10.1. The van der Waals surface area contributed by atoms with Crippen molar-refractivity contribution in [3.8, 4) is 5.75 Å². The molecule has 42 heavy (non-hydrogen) atoms. The summed E-state index contributed by atoms with van der Waals surface area (Å²) in [6.07, 6.45) is -0.201. The molecular formula is C36H38O6. The second-order valence-electron chi connectivity index (χ2n) is 10.1. The fourth-order valence-corrected chi connectivity index (χ4v) is 5.36. The van der Waals surface area contributed by atoms with Gasteiger partial charge < -0.3 is 28.8 Å². The quantitative estimate of drug-likeness (QED) is 0.0840. The maximum atomic E-state index is 11.3. The molecular weight excluding hydrogens is 528 g/mol. The molecule has 0 spiro atoms. The van der Waals surface area contributed by atoms with E-state index in [4.69, 9.17) is 23.7 Å². The van der Waals surface area contributed by atoms with Gasteiger partial charge in [-0.05, 0) is 53.0 Å². The Balaban J connectivity index is 1.46. The molecule has 0 saturated carbocycles. The number of aliphatic hydroxyl groups is 1. The van der Waals surface area contributed by atoms with Crippen LogP contribution in [0.2, 0.25) is 0 Å². The topological polar surface area (TPSA) is 66.4 Å². The smallest absolute Gasteiger partial charge is 0.147 e. The first-order valence-electron chi connectivity index (χ1n) is 14.3. The highest BCUT2D eigenvalue weighted by atomic mass is 16.7. The number of aliphatic hydroxyl groups excluding tert-OH is 1. The lowest BCUT2D eigenvalue weighted by molar-refractivity contribution is -0.129. The van der Waals surface area contributed by atoms with Crippen LogP contribution in [-0.4, -0.2) is 50.5 Å². The molecule has 0 aliphatic heterocycles. The van der Waals surface area contributed by atoms with Crippen LogP contribution in [0.4, 0.5) is 0 Å². The van der Waals surface area contributed by atoms with Gasteiger partial charge in [-0.2, -0.15) is 0 Å². The zero-order valence-electron chi connectivity index (χ0n) is 24.1. The van der Waals surface area contributed by atoms with Crippen LogP contribution >= 0.6 is 0 Å². The van der Waals surface area contributed by atoms with Crippen LogP contribution in [-0.2, 0) is 31.2 Å². The van der Waals surface area contributed by atoms with E-state index >= 15 is 0 Å². The Bertz CT molecular complexity index is 1290. The SMILES string of the molecule is CCOCO[C@H]1C(COC(c2ccccc2)(c2ccccc2)c2ccccc2)=C[C@H](OCc2ccc(OC)cc2)C1O. The number of hydrogen-bond donors (Lipinski definition) is 1. The molecule has 0 bridgehead atoms. The summed E-state index contributed by atoms with van der Waals surface area (Å²) in [5.41, 5.74) is 3.88. The Hall–Kier alpha value is -3.78.